The molecule has 138 valence electrons. The van der Waals surface area contributed by atoms with Crippen LogP contribution in [-0.2, 0) is 9.53 Å². The van der Waals surface area contributed by atoms with Crippen LogP contribution in [0.25, 0.3) is 10.9 Å². The van der Waals surface area contributed by atoms with Gasteiger partial charge in [-0.1, -0.05) is 0 Å². The summed E-state index contributed by atoms with van der Waals surface area (Å²) in [7, 11) is 0. The number of aromatic nitrogens is 1. The number of pyridine rings is 1. The first-order valence-corrected chi connectivity index (χ1v) is 9.39. The van der Waals surface area contributed by atoms with E-state index in [9.17, 15) is 9.18 Å². The number of halogens is 1. The minimum Gasteiger partial charge on any atom is -0.376 e. The molecule has 0 radical (unpaired) electrons. The number of amides is 1. The number of benzene rings is 1. The first-order valence-electron chi connectivity index (χ1n) is 9.39. The summed E-state index contributed by atoms with van der Waals surface area (Å²) in [6, 6.07) is 6.61. The van der Waals surface area contributed by atoms with E-state index < -0.39 is 0 Å². The van der Waals surface area contributed by atoms with E-state index in [1.807, 2.05) is 6.07 Å². The van der Waals surface area contributed by atoms with Crippen molar-refractivity contribution in [3.8, 4) is 0 Å². The maximum absolute atomic E-state index is 13.7. The lowest BCUT2D eigenvalue weighted by molar-refractivity contribution is -0.126. The summed E-state index contributed by atoms with van der Waals surface area (Å²) in [6.45, 7) is 2.99. The second-order valence-electron chi connectivity index (χ2n) is 7.13. The van der Waals surface area contributed by atoms with Crippen LogP contribution in [0.2, 0.25) is 0 Å². The van der Waals surface area contributed by atoms with E-state index >= 15 is 0 Å². The molecular weight excluding hydrogens is 333 g/mol. The zero-order valence-electron chi connectivity index (χ0n) is 14.8. The molecule has 1 aromatic carbocycles. The Labute approximate surface area is 152 Å². The van der Waals surface area contributed by atoms with Gasteiger partial charge in [0.15, 0.2) is 0 Å². The number of anilines is 1. The van der Waals surface area contributed by atoms with Gasteiger partial charge in [0.2, 0.25) is 5.91 Å². The maximum atomic E-state index is 13.7. The van der Waals surface area contributed by atoms with Crippen molar-refractivity contribution in [2.24, 2.45) is 5.92 Å². The van der Waals surface area contributed by atoms with Crippen molar-refractivity contribution in [3.05, 3.63) is 36.3 Å². The summed E-state index contributed by atoms with van der Waals surface area (Å²) < 4.78 is 19.2. The number of hydrogen-bond donors (Lipinski definition) is 1. The first-order chi connectivity index (χ1) is 12.7. The Morgan fingerprint density at radius 1 is 1.27 bits per heavy atom. The molecule has 2 saturated heterocycles. The van der Waals surface area contributed by atoms with E-state index in [1.165, 1.54) is 12.1 Å². The average molecular weight is 357 g/mol. The molecule has 1 atom stereocenters. The minimum absolute atomic E-state index is 0.0393. The zero-order valence-corrected chi connectivity index (χ0v) is 14.8. The Balaban J connectivity index is 1.37. The van der Waals surface area contributed by atoms with Gasteiger partial charge in [0.1, 0.15) is 5.82 Å². The van der Waals surface area contributed by atoms with Crippen molar-refractivity contribution < 1.29 is 13.9 Å². The number of rotatable bonds is 4. The molecule has 0 aliphatic carbocycles. The van der Waals surface area contributed by atoms with Crippen LogP contribution >= 0.6 is 0 Å². The van der Waals surface area contributed by atoms with E-state index in [2.05, 4.69) is 15.2 Å². The lowest BCUT2D eigenvalue weighted by atomic mass is 9.95. The Bertz CT molecular complexity index is 784. The highest BCUT2D eigenvalue weighted by atomic mass is 19.1. The number of ether oxygens (including phenoxy) is 1. The number of carbonyl (C=O) groups excluding carboxylic acids is 1. The molecule has 4 rings (SSSR count). The predicted octanol–water partition coefficient (Wildman–Crippen LogP) is 2.89. The standard InChI is InChI=1S/C20H24FN3O2/c21-15-3-4-18-17(12-15)19(5-8-22-18)24-9-6-14(7-10-24)20(25)23-13-16-2-1-11-26-16/h3-5,8,12,14,16H,1-2,6-7,9-11,13H2,(H,23,25). The van der Waals surface area contributed by atoms with Crippen LogP contribution in [0, 0.1) is 11.7 Å². The van der Waals surface area contributed by atoms with Crippen LogP contribution in [-0.4, -0.2) is 43.2 Å². The van der Waals surface area contributed by atoms with Crippen molar-refractivity contribution >= 4 is 22.5 Å². The van der Waals surface area contributed by atoms with Gasteiger partial charge >= 0.3 is 0 Å². The molecule has 0 spiro atoms. The molecule has 2 aliphatic heterocycles. The molecule has 1 N–H and O–H groups in total. The smallest absolute Gasteiger partial charge is 0.223 e. The van der Waals surface area contributed by atoms with Gasteiger partial charge in [0, 0.05) is 49.4 Å². The highest BCUT2D eigenvalue weighted by Crippen LogP contribution is 2.29. The summed E-state index contributed by atoms with van der Waals surface area (Å²) >= 11 is 0. The van der Waals surface area contributed by atoms with E-state index in [1.54, 1.807) is 12.3 Å². The minimum atomic E-state index is -0.254. The second-order valence-corrected chi connectivity index (χ2v) is 7.13. The third kappa shape index (κ3) is 3.65. The van der Waals surface area contributed by atoms with Crippen LogP contribution in [0.5, 0.6) is 0 Å². The molecule has 3 heterocycles. The lowest BCUT2D eigenvalue weighted by Crippen LogP contribution is -2.42. The highest BCUT2D eigenvalue weighted by Gasteiger charge is 2.26. The van der Waals surface area contributed by atoms with Crippen LogP contribution in [0.1, 0.15) is 25.7 Å². The number of hydrogen-bond acceptors (Lipinski definition) is 4. The number of carbonyl (C=O) groups is 1. The number of fused-ring (bicyclic) bond motifs is 1. The Morgan fingerprint density at radius 2 is 2.12 bits per heavy atom. The van der Waals surface area contributed by atoms with E-state index in [4.69, 9.17) is 4.74 Å². The van der Waals surface area contributed by atoms with Crippen molar-refractivity contribution in [3.63, 3.8) is 0 Å². The predicted molar refractivity (Wildman–Crippen MR) is 98.6 cm³/mol. The summed E-state index contributed by atoms with van der Waals surface area (Å²) in [5.41, 5.74) is 1.79. The SMILES string of the molecule is O=C(NCC1CCCO1)C1CCN(c2ccnc3ccc(F)cc23)CC1. The molecule has 5 nitrogen and oxygen atoms in total. The average Bonchev–Trinajstić information content (AvgIpc) is 3.19. The zero-order chi connectivity index (χ0) is 17.9. The van der Waals surface area contributed by atoms with Crippen molar-refractivity contribution in [2.75, 3.05) is 31.1 Å². The third-order valence-electron chi connectivity index (χ3n) is 5.41. The monoisotopic (exact) mass is 357 g/mol. The molecule has 2 aromatic rings. The number of nitrogens with one attached hydrogen (secondary N) is 1. The van der Waals surface area contributed by atoms with Gasteiger partial charge in [-0.25, -0.2) is 4.39 Å². The van der Waals surface area contributed by atoms with Gasteiger partial charge in [-0.2, -0.15) is 0 Å². The molecular formula is C20H24FN3O2. The van der Waals surface area contributed by atoms with Gasteiger partial charge in [0.25, 0.3) is 0 Å². The Morgan fingerprint density at radius 3 is 2.88 bits per heavy atom. The van der Waals surface area contributed by atoms with Crippen molar-refractivity contribution in [1.82, 2.24) is 10.3 Å². The van der Waals surface area contributed by atoms with Gasteiger partial charge < -0.3 is 15.0 Å². The molecule has 1 unspecified atom stereocenters. The molecule has 26 heavy (non-hydrogen) atoms. The van der Waals surface area contributed by atoms with Gasteiger partial charge in [-0.05, 0) is 49.9 Å². The Kier molecular flexibility index (Phi) is 5.02. The normalized spacial score (nSPS) is 21.3. The molecule has 1 amide bonds. The van der Waals surface area contributed by atoms with Crippen molar-refractivity contribution in [2.45, 2.75) is 31.8 Å². The Hall–Kier alpha value is -2.21. The molecule has 6 heteroatoms. The molecule has 0 saturated carbocycles. The fourth-order valence-electron chi connectivity index (χ4n) is 3.93. The molecule has 2 fully saturated rings. The number of piperidine rings is 1. The van der Waals surface area contributed by atoms with Crippen molar-refractivity contribution in [1.29, 1.82) is 0 Å². The quantitative estimate of drug-likeness (QED) is 0.914. The summed E-state index contributed by atoms with van der Waals surface area (Å²) in [5.74, 6) is -0.0848. The van der Waals surface area contributed by atoms with Gasteiger partial charge in [0.05, 0.1) is 11.6 Å². The number of nitrogens with zero attached hydrogens (tertiary/aromatic N) is 2. The van der Waals surface area contributed by atoms with Gasteiger partial charge in [-0.15, -0.1) is 0 Å². The van der Waals surface area contributed by atoms with Crippen LogP contribution < -0.4 is 10.2 Å². The summed E-state index contributed by atoms with van der Waals surface area (Å²) in [6.07, 6.45) is 5.66. The summed E-state index contributed by atoms with van der Waals surface area (Å²) in [5, 5.41) is 3.87. The largest absolute Gasteiger partial charge is 0.376 e. The van der Waals surface area contributed by atoms with Crippen LogP contribution in [0.4, 0.5) is 10.1 Å². The highest BCUT2D eigenvalue weighted by molar-refractivity contribution is 5.91. The van der Waals surface area contributed by atoms with Crippen LogP contribution in [0.15, 0.2) is 30.5 Å². The molecule has 0 bridgehead atoms. The second kappa shape index (κ2) is 7.58. The maximum Gasteiger partial charge on any atom is 0.223 e. The fraction of sp³-hybridized carbons (Fsp3) is 0.500. The molecule has 2 aliphatic rings. The van der Waals surface area contributed by atoms with E-state index in [0.29, 0.717) is 6.54 Å². The first kappa shape index (κ1) is 17.2. The molecule has 1 aromatic heterocycles. The van der Waals surface area contributed by atoms with E-state index in [0.717, 1.165) is 62.0 Å². The van der Waals surface area contributed by atoms with Crippen LogP contribution in [0.3, 0.4) is 0 Å². The van der Waals surface area contributed by atoms with E-state index in [-0.39, 0.29) is 23.7 Å². The topological polar surface area (TPSA) is 54.5 Å². The summed E-state index contributed by atoms with van der Waals surface area (Å²) in [4.78, 5) is 19.0. The lowest BCUT2D eigenvalue weighted by Gasteiger charge is -2.33. The van der Waals surface area contributed by atoms with Gasteiger partial charge in [-0.3, -0.25) is 9.78 Å². The fourth-order valence-corrected chi connectivity index (χ4v) is 3.93. The third-order valence-corrected chi connectivity index (χ3v) is 5.41.